The predicted octanol–water partition coefficient (Wildman–Crippen LogP) is 3.30. The van der Waals surface area contributed by atoms with E-state index in [4.69, 9.17) is 0 Å². The standard InChI is InChI=1S/C18H31NO/c1-19(12-16-7-17(20)8-16)3-2-18-9-13-4-14(10-18)6-15(5-13)11-18/h13-17,20H,2-12H2,1H3. The SMILES string of the molecule is CN(CCC12CC3CC(CC(C3)C1)C2)CC1CC(O)C1. The van der Waals surface area contributed by atoms with E-state index in [2.05, 4.69) is 11.9 Å². The first-order valence-corrected chi connectivity index (χ1v) is 8.97. The lowest BCUT2D eigenvalue weighted by atomic mass is 9.49. The van der Waals surface area contributed by atoms with Gasteiger partial charge < -0.3 is 10.0 Å². The molecule has 20 heavy (non-hydrogen) atoms. The quantitative estimate of drug-likeness (QED) is 0.833. The summed E-state index contributed by atoms with van der Waals surface area (Å²) in [6.07, 6.45) is 12.9. The second-order valence-corrected chi connectivity index (χ2v) is 8.92. The van der Waals surface area contributed by atoms with Crippen LogP contribution >= 0.6 is 0 Å². The molecule has 0 aliphatic heterocycles. The van der Waals surface area contributed by atoms with E-state index in [0.717, 1.165) is 41.9 Å². The summed E-state index contributed by atoms with van der Waals surface area (Å²) < 4.78 is 0. The highest BCUT2D eigenvalue weighted by Crippen LogP contribution is 2.61. The third-order valence-corrected chi connectivity index (χ3v) is 6.97. The fraction of sp³-hybridized carbons (Fsp3) is 1.00. The van der Waals surface area contributed by atoms with Crippen molar-refractivity contribution in [1.29, 1.82) is 0 Å². The number of rotatable bonds is 5. The minimum absolute atomic E-state index is 0.0107. The molecule has 1 N–H and O–H groups in total. The molecule has 114 valence electrons. The Balaban J connectivity index is 1.28. The van der Waals surface area contributed by atoms with Crippen LogP contribution in [0.25, 0.3) is 0 Å². The van der Waals surface area contributed by atoms with Crippen LogP contribution in [0.2, 0.25) is 0 Å². The maximum absolute atomic E-state index is 9.40. The molecule has 5 aliphatic rings. The van der Waals surface area contributed by atoms with E-state index in [-0.39, 0.29) is 6.10 Å². The fourth-order valence-corrected chi connectivity index (χ4v) is 6.41. The minimum atomic E-state index is 0.0107. The highest BCUT2D eigenvalue weighted by atomic mass is 16.3. The van der Waals surface area contributed by atoms with Crippen LogP contribution in [0.1, 0.15) is 57.8 Å². The van der Waals surface area contributed by atoms with E-state index >= 15 is 0 Å². The molecule has 0 atom stereocenters. The zero-order chi connectivity index (χ0) is 13.7. The van der Waals surface area contributed by atoms with Crippen molar-refractivity contribution in [2.45, 2.75) is 63.9 Å². The molecule has 0 spiro atoms. The van der Waals surface area contributed by atoms with Gasteiger partial charge in [0.05, 0.1) is 6.10 Å². The lowest BCUT2D eigenvalue weighted by Crippen LogP contribution is -2.47. The summed E-state index contributed by atoms with van der Waals surface area (Å²) in [5, 5.41) is 9.40. The monoisotopic (exact) mass is 277 g/mol. The van der Waals surface area contributed by atoms with Crippen molar-refractivity contribution in [1.82, 2.24) is 4.90 Å². The van der Waals surface area contributed by atoms with Crippen LogP contribution in [-0.2, 0) is 0 Å². The lowest BCUT2D eigenvalue weighted by Gasteiger charge is -2.57. The molecule has 5 saturated carbocycles. The molecule has 5 fully saturated rings. The number of aliphatic hydroxyl groups excluding tert-OH is 1. The van der Waals surface area contributed by atoms with Gasteiger partial charge in [-0.05, 0) is 100 Å². The first kappa shape index (κ1) is 13.6. The molecule has 0 unspecified atom stereocenters. The van der Waals surface area contributed by atoms with Gasteiger partial charge in [0.1, 0.15) is 0 Å². The average Bonchev–Trinajstić information content (AvgIpc) is 2.33. The molecule has 0 aromatic carbocycles. The van der Waals surface area contributed by atoms with Gasteiger partial charge in [-0.1, -0.05) is 0 Å². The summed E-state index contributed by atoms with van der Waals surface area (Å²) in [5.41, 5.74) is 0.738. The van der Waals surface area contributed by atoms with Crippen molar-refractivity contribution in [3.63, 3.8) is 0 Å². The molecule has 5 aliphatic carbocycles. The average molecular weight is 277 g/mol. The Morgan fingerprint density at radius 1 is 0.950 bits per heavy atom. The molecule has 0 aromatic heterocycles. The highest BCUT2D eigenvalue weighted by Gasteiger charge is 2.50. The Bertz CT molecular complexity index is 325. The van der Waals surface area contributed by atoms with Crippen molar-refractivity contribution in [2.75, 3.05) is 20.1 Å². The molecule has 4 bridgehead atoms. The number of nitrogens with zero attached hydrogens (tertiary/aromatic N) is 1. The van der Waals surface area contributed by atoms with Crippen LogP contribution in [0.15, 0.2) is 0 Å². The van der Waals surface area contributed by atoms with E-state index in [0.29, 0.717) is 0 Å². The maximum atomic E-state index is 9.40. The molecule has 2 nitrogen and oxygen atoms in total. The van der Waals surface area contributed by atoms with Gasteiger partial charge in [0.2, 0.25) is 0 Å². The summed E-state index contributed by atoms with van der Waals surface area (Å²) in [7, 11) is 2.30. The van der Waals surface area contributed by atoms with E-state index in [1.807, 2.05) is 0 Å². The van der Waals surface area contributed by atoms with Gasteiger partial charge in [-0.2, -0.15) is 0 Å². The first-order chi connectivity index (χ1) is 9.60. The molecular formula is C18H31NO. The Morgan fingerprint density at radius 2 is 1.50 bits per heavy atom. The number of hydrogen-bond donors (Lipinski definition) is 1. The molecule has 2 heteroatoms. The first-order valence-electron chi connectivity index (χ1n) is 8.97. The van der Waals surface area contributed by atoms with Gasteiger partial charge in [0, 0.05) is 6.54 Å². The largest absolute Gasteiger partial charge is 0.393 e. The van der Waals surface area contributed by atoms with Gasteiger partial charge in [-0.15, -0.1) is 0 Å². The van der Waals surface area contributed by atoms with Crippen molar-refractivity contribution >= 4 is 0 Å². The van der Waals surface area contributed by atoms with E-state index in [1.165, 1.54) is 19.5 Å². The lowest BCUT2D eigenvalue weighted by molar-refractivity contribution is -0.0616. The van der Waals surface area contributed by atoms with Crippen molar-refractivity contribution < 1.29 is 5.11 Å². The number of aliphatic hydroxyl groups is 1. The molecule has 5 rings (SSSR count). The molecule has 0 saturated heterocycles. The van der Waals surface area contributed by atoms with Crippen molar-refractivity contribution in [3.8, 4) is 0 Å². The third kappa shape index (κ3) is 2.54. The van der Waals surface area contributed by atoms with Gasteiger partial charge in [-0.3, -0.25) is 0 Å². The zero-order valence-corrected chi connectivity index (χ0v) is 13.1. The van der Waals surface area contributed by atoms with Gasteiger partial charge >= 0.3 is 0 Å². The van der Waals surface area contributed by atoms with Crippen LogP contribution in [0.3, 0.4) is 0 Å². The summed E-state index contributed by atoms with van der Waals surface area (Å²) in [6.45, 7) is 2.50. The van der Waals surface area contributed by atoms with E-state index < -0.39 is 0 Å². The summed E-state index contributed by atoms with van der Waals surface area (Å²) in [4.78, 5) is 2.55. The predicted molar refractivity (Wildman–Crippen MR) is 81.4 cm³/mol. The third-order valence-electron chi connectivity index (χ3n) is 6.97. The fourth-order valence-electron chi connectivity index (χ4n) is 6.41. The van der Waals surface area contributed by atoms with Crippen molar-refractivity contribution in [3.05, 3.63) is 0 Å². The number of hydrogen-bond acceptors (Lipinski definition) is 2. The second-order valence-electron chi connectivity index (χ2n) is 8.92. The van der Waals surface area contributed by atoms with Gasteiger partial charge in [0.15, 0.2) is 0 Å². The Labute approximate surface area is 123 Å². The van der Waals surface area contributed by atoms with E-state index in [9.17, 15) is 5.11 Å². The van der Waals surface area contributed by atoms with Crippen LogP contribution in [0, 0.1) is 29.1 Å². The molecular weight excluding hydrogens is 246 g/mol. The molecule has 0 radical (unpaired) electrons. The second kappa shape index (κ2) is 4.98. The Hall–Kier alpha value is -0.0800. The summed E-state index contributed by atoms with van der Waals surface area (Å²) >= 11 is 0. The summed E-state index contributed by atoms with van der Waals surface area (Å²) in [5.74, 6) is 4.04. The zero-order valence-electron chi connectivity index (χ0n) is 13.1. The Morgan fingerprint density at radius 3 is 2.00 bits per heavy atom. The molecule has 0 heterocycles. The normalized spacial score (nSPS) is 49.6. The summed E-state index contributed by atoms with van der Waals surface area (Å²) in [6, 6.07) is 0. The van der Waals surface area contributed by atoms with Crippen molar-refractivity contribution in [2.24, 2.45) is 29.1 Å². The smallest absolute Gasteiger partial charge is 0.0546 e. The Kier molecular flexibility index (Phi) is 3.38. The van der Waals surface area contributed by atoms with Crippen LogP contribution in [0.5, 0.6) is 0 Å². The minimum Gasteiger partial charge on any atom is -0.393 e. The van der Waals surface area contributed by atoms with Crippen LogP contribution in [0.4, 0.5) is 0 Å². The van der Waals surface area contributed by atoms with Gasteiger partial charge in [-0.25, -0.2) is 0 Å². The molecule has 0 aromatic rings. The topological polar surface area (TPSA) is 23.5 Å². The van der Waals surface area contributed by atoms with E-state index in [1.54, 1.807) is 38.5 Å². The van der Waals surface area contributed by atoms with Crippen LogP contribution < -0.4 is 0 Å². The van der Waals surface area contributed by atoms with Crippen LogP contribution in [-0.4, -0.2) is 36.2 Å². The molecule has 0 amide bonds. The van der Waals surface area contributed by atoms with Gasteiger partial charge in [0.25, 0.3) is 0 Å². The highest BCUT2D eigenvalue weighted by molar-refractivity contribution is 5.01. The maximum Gasteiger partial charge on any atom is 0.0546 e.